The van der Waals surface area contributed by atoms with E-state index in [4.69, 9.17) is 4.74 Å². The molecular weight excluding hydrogens is 363 g/mol. The summed E-state index contributed by atoms with van der Waals surface area (Å²) in [6, 6.07) is 11.9. The van der Waals surface area contributed by atoms with Crippen LogP contribution in [0, 0.1) is 5.82 Å². The Bertz CT molecular complexity index is 874. The Morgan fingerprint density at radius 2 is 1.71 bits per heavy atom. The second kappa shape index (κ2) is 8.65. The number of esters is 1. The maximum absolute atomic E-state index is 13.0. The first-order valence-corrected chi connectivity index (χ1v) is 9.06. The summed E-state index contributed by atoms with van der Waals surface area (Å²) in [5.74, 6) is -0.889. The van der Waals surface area contributed by atoms with Crippen LogP contribution in [-0.2, 0) is 4.79 Å². The zero-order valence-electron chi connectivity index (χ0n) is 15.5. The molecule has 0 spiro atoms. The van der Waals surface area contributed by atoms with Crippen molar-refractivity contribution < 1.29 is 23.5 Å². The summed E-state index contributed by atoms with van der Waals surface area (Å²) in [6.45, 7) is 2.31. The Morgan fingerprint density at radius 3 is 2.36 bits per heavy atom. The highest BCUT2D eigenvalue weighted by Gasteiger charge is 2.25. The third-order valence-corrected chi connectivity index (χ3v) is 4.57. The van der Waals surface area contributed by atoms with Gasteiger partial charge in [0.15, 0.2) is 0 Å². The maximum Gasteiger partial charge on any atom is 0.308 e. The van der Waals surface area contributed by atoms with Gasteiger partial charge in [0.05, 0.1) is 0 Å². The average molecular weight is 384 g/mol. The van der Waals surface area contributed by atoms with Crippen LogP contribution in [0.5, 0.6) is 5.75 Å². The standard InChI is InChI=1S/C21H21FN2O4/c1-14(25)28-19-4-2-3-16(13-19)21(27)24-11-9-18(10-12-24)23-20(26)15-5-7-17(22)8-6-15/h2-8,13,18H,9-12H2,1H3,(H,23,26). The van der Waals surface area contributed by atoms with Crippen LogP contribution in [0.15, 0.2) is 48.5 Å². The van der Waals surface area contributed by atoms with E-state index in [2.05, 4.69) is 5.32 Å². The van der Waals surface area contributed by atoms with E-state index in [1.807, 2.05) is 0 Å². The molecule has 0 saturated carbocycles. The minimum absolute atomic E-state index is 0.0472. The van der Waals surface area contributed by atoms with Gasteiger partial charge < -0.3 is 15.0 Å². The van der Waals surface area contributed by atoms with Gasteiger partial charge in [-0.2, -0.15) is 0 Å². The minimum Gasteiger partial charge on any atom is -0.427 e. The number of halogens is 1. The number of benzene rings is 2. The molecule has 0 aliphatic carbocycles. The van der Waals surface area contributed by atoms with Crippen molar-refractivity contribution in [3.05, 3.63) is 65.5 Å². The van der Waals surface area contributed by atoms with Crippen molar-refractivity contribution in [1.29, 1.82) is 0 Å². The Labute approximate surface area is 162 Å². The van der Waals surface area contributed by atoms with Crippen LogP contribution in [0.1, 0.15) is 40.5 Å². The van der Waals surface area contributed by atoms with E-state index >= 15 is 0 Å². The van der Waals surface area contributed by atoms with E-state index in [-0.39, 0.29) is 23.7 Å². The number of piperidine rings is 1. The van der Waals surface area contributed by atoms with Gasteiger partial charge in [-0.25, -0.2) is 4.39 Å². The summed E-state index contributed by atoms with van der Waals surface area (Å²) in [5, 5.41) is 2.93. The first-order valence-electron chi connectivity index (χ1n) is 9.06. The quantitative estimate of drug-likeness (QED) is 0.650. The van der Waals surface area contributed by atoms with Crippen molar-refractivity contribution in [3.63, 3.8) is 0 Å². The molecule has 6 nitrogen and oxygen atoms in total. The SMILES string of the molecule is CC(=O)Oc1cccc(C(=O)N2CCC(NC(=O)c3ccc(F)cc3)CC2)c1. The molecule has 0 bridgehead atoms. The molecule has 1 aliphatic heterocycles. The lowest BCUT2D eigenvalue weighted by atomic mass is 10.0. The number of carbonyl (C=O) groups is 3. The maximum atomic E-state index is 13.0. The molecule has 0 atom stereocenters. The predicted molar refractivity (Wildman–Crippen MR) is 101 cm³/mol. The molecule has 7 heteroatoms. The molecule has 1 heterocycles. The number of hydrogen-bond acceptors (Lipinski definition) is 4. The minimum atomic E-state index is -0.442. The van der Waals surface area contributed by atoms with Crippen LogP contribution < -0.4 is 10.1 Å². The van der Waals surface area contributed by atoms with Crippen LogP contribution in [-0.4, -0.2) is 41.8 Å². The normalized spacial score (nSPS) is 14.4. The zero-order valence-corrected chi connectivity index (χ0v) is 15.5. The molecule has 0 aromatic heterocycles. The summed E-state index contributed by atoms with van der Waals surface area (Å²) in [7, 11) is 0. The average Bonchev–Trinajstić information content (AvgIpc) is 2.68. The van der Waals surface area contributed by atoms with Crippen molar-refractivity contribution >= 4 is 17.8 Å². The summed E-state index contributed by atoms with van der Waals surface area (Å²) < 4.78 is 18.0. The Morgan fingerprint density at radius 1 is 1.04 bits per heavy atom. The molecule has 3 rings (SSSR count). The van der Waals surface area contributed by atoms with Gasteiger partial charge in [0.1, 0.15) is 11.6 Å². The summed E-state index contributed by atoms with van der Waals surface area (Å²) in [4.78, 5) is 37.7. The molecule has 1 fully saturated rings. The first-order chi connectivity index (χ1) is 13.4. The van der Waals surface area contributed by atoms with E-state index in [1.54, 1.807) is 29.2 Å². The van der Waals surface area contributed by atoms with Gasteiger partial charge in [-0.05, 0) is 55.3 Å². The molecule has 0 radical (unpaired) electrons. The number of rotatable bonds is 4. The second-order valence-corrected chi connectivity index (χ2v) is 6.67. The Hall–Kier alpha value is -3.22. The van der Waals surface area contributed by atoms with Crippen molar-refractivity contribution in [2.45, 2.75) is 25.8 Å². The number of likely N-dealkylation sites (tertiary alicyclic amines) is 1. The van der Waals surface area contributed by atoms with E-state index in [9.17, 15) is 18.8 Å². The Kier molecular flexibility index (Phi) is 6.03. The highest BCUT2D eigenvalue weighted by atomic mass is 19.1. The van der Waals surface area contributed by atoms with E-state index in [1.165, 1.54) is 31.2 Å². The van der Waals surface area contributed by atoms with E-state index in [0.29, 0.717) is 42.8 Å². The van der Waals surface area contributed by atoms with Gasteiger partial charge in [-0.1, -0.05) is 6.07 Å². The highest BCUT2D eigenvalue weighted by molar-refractivity contribution is 5.95. The fourth-order valence-electron chi connectivity index (χ4n) is 3.14. The molecule has 1 N–H and O–H groups in total. The first kappa shape index (κ1) is 19.5. The number of nitrogens with zero attached hydrogens (tertiary/aromatic N) is 1. The largest absolute Gasteiger partial charge is 0.427 e. The topological polar surface area (TPSA) is 75.7 Å². The lowest BCUT2D eigenvalue weighted by molar-refractivity contribution is -0.131. The lowest BCUT2D eigenvalue weighted by Gasteiger charge is -2.32. The van der Waals surface area contributed by atoms with Gasteiger partial charge in [0.25, 0.3) is 11.8 Å². The lowest BCUT2D eigenvalue weighted by Crippen LogP contribution is -2.46. The molecule has 1 aliphatic rings. The van der Waals surface area contributed by atoms with E-state index in [0.717, 1.165) is 0 Å². The molecule has 2 aromatic carbocycles. The van der Waals surface area contributed by atoms with Crippen molar-refractivity contribution in [1.82, 2.24) is 10.2 Å². The molecular formula is C21H21FN2O4. The van der Waals surface area contributed by atoms with Crippen LogP contribution in [0.4, 0.5) is 4.39 Å². The third-order valence-electron chi connectivity index (χ3n) is 4.57. The van der Waals surface area contributed by atoms with E-state index < -0.39 is 5.97 Å². The van der Waals surface area contributed by atoms with Crippen LogP contribution >= 0.6 is 0 Å². The molecule has 1 saturated heterocycles. The van der Waals surface area contributed by atoms with Gasteiger partial charge >= 0.3 is 5.97 Å². The fourth-order valence-corrected chi connectivity index (χ4v) is 3.14. The predicted octanol–water partition coefficient (Wildman–Crippen LogP) is 2.79. The van der Waals surface area contributed by atoms with Gasteiger partial charge in [0, 0.05) is 37.2 Å². The number of nitrogens with one attached hydrogen (secondary N) is 1. The smallest absolute Gasteiger partial charge is 0.308 e. The molecule has 146 valence electrons. The molecule has 2 amide bonds. The van der Waals surface area contributed by atoms with Crippen molar-refractivity contribution in [2.75, 3.05) is 13.1 Å². The van der Waals surface area contributed by atoms with Crippen LogP contribution in [0.2, 0.25) is 0 Å². The molecule has 2 aromatic rings. The zero-order chi connectivity index (χ0) is 20.1. The van der Waals surface area contributed by atoms with Crippen molar-refractivity contribution in [3.8, 4) is 5.75 Å². The van der Waals surface area contributed by atoms with Crippen LogP contribution in [0.3, 0.4) is 0 Å². The van der Waals surface area contributed by atoms with Gasteiger partial charge in [-0.15, -0.1) is 0 Å². The summed E-state index contributed by atoms with van der Waals surface area (Å²) in [5.41, 5.74) is 0.856. The number of carbonyl (C=O) groups excluding carboxylic acids is 3. The molecule has 28 heavy (non-hydrogen) atoms. The Balaban J connectivity index is 1.54. The monoisotopic (exact) mass is 384 g/mol. The van der Waals surface area contributed by atoms with Gasteiger partial charge in [0.2, 0.25) is 0 Å². The third kappa shape index (κ3) is 4.94. The summed E-state index contributed by atoms with van der Waals surface area (Å²) >= 11 is 0. The van der Waals surface area contributed by atoms with Crippen molar-refractivity contribution in [2.24, 2.45) is 0 Å². The highest BCUT2D eigenvalue weighted by Crippen LogP contribution is 2.18. The fraction of sp³-hybridized carbons (Fsp3) is 0.286. The van der Waals surface area contributed by atoms with Gasteiger partial charge in [-0.3, -0.25) is 14.4 Å². The number of amides is 2. The number of ether oxygens (including phenoxy) is 1. The second-order valence-electron chi connectivity index (χ2n) is 6.67. The summed E-state index contributed by atoms with van der Waals surface area (Å²) in [6.07, 6.45) is 1.25. The molecule has 0 unspecified atom stereocenters. The number of hydrogen-bond donors (Lipinski definition) is 1. The van der Waals surface area contributed by atoms with Crippen LogP contribution in [0.25, 0.3) is 0 Å².